The van der Waals surface area contributed by atoms with E-state index in [0.717, 1.165) is 32.1 Å². The van der Waals surface area contributed by atoms with E-state index in [-0.39, 0.29) is 10.8 Å². The van der Waals surface area contributed by atoms with E-state index in [4.69, 9.17) is 0 Å². The molecule has 0 saturated heterocycles. The van der Waals surface area contributed by atoms with Crippen LogP contribution in [0.5, 0.6) is 0 Å². The highest BCUT2D eigenvalue weighted by Gasteiger charge is 2.55. The molecule has 2 atom stereocenters. The first-order valence-corrected chi connectivity index (χ1v) is 7.15. The molecule has 2 aliphatic rings. The second-order valence-corrected chi connectivity index (χ2v) is 7.09. The van der Waals surface area contributed by atoms with Crippen LogP contribution in [0, 0.1) is 10.8 Å². The Morgan fingerprint density at radius 2 is 2.06 bits per heavy atom. The SMILES string of the molecule is CC1=CC[C@@]2(CC1)C(=O)CC[C@@H](Br)C2(C)C. The maximum Gasteiger partial charge on any atom is 0.139 e. The van der Waals surface area contributed by atoms with Crippen LogP contribution in [0.3, 0.4) is 0 Å². The number of alkyl halides is 1. The number of hydrogen-bond donors (Lipinski definition) is 0. The lowest BCUT2D eigenvalue weighted by Gasteiger charge is -2.53. The first kappa shape index (κ1) is 12.3. The Morgan fingerprint density at radius 1 is 1.38 bits per heavy atom. The number of rotatable bonds is 0. The second kappa shape index (κ2) is 3.97. The van der Waals surface area contributed by atoms with Gasteiger partial charge in [0.15, 0.2) is 0 Å². The van der Waals surface area contributed by atoms with Crippen LogP contribution in [-0.4, -0.2) is 10.6 Å². The van der Waals surface area contributed by atoms with Gasteiger partial charge in [0.05, 0.1) is 0 Å². The van der Waals surface area contributed by atoms with Gasteiger partial charge in [-0.2, -0.15) is 0 Å². The van der Waals surface area contributed by atoms with Crippen molar-refractivity contribution in [2.24, 2.45) is 10.8 Å². The Hall–Kier alpha value is -0.110. The van der Waals surface area contributed by atoms with Crippen molar-refractivity contribution in [3.8, 4) is 0 Å². The minimum Gasteiger partial charge on any atom is -0.299 e. The summed E-state index contributed by atoms with van der Waals surface area (Å²) in [5, 5.41) is 0. The average Bonchev–Trinajstić information content (AvgIpc) is 2.24. The molecule has 1 fully saturated rings. The van der Waals surface area contributed by atoms with E-state index >= 15 is 0 Å². The van der Waals surface area contributed by atoms with Gasteiger partial charge in [-0.1, -0.05) is 41.4 Å². The van der Waals surface area contributed by atoms with Crippen LogP contribution >= 0.6 is 15.9 Å². The van der Waals surface area contributed by atoms with Gasteiger partial charge in [-0.3, -0.25) is 4.79 Å². The zero-order valence-electron chi connectivity index (χ0n) is 10.5. The van der Waals surface area contributed by atoms with Crippen molar-refractivity contribution < 1.29 is 4.79 Å². The van der Waals surface area contributed by atoms with Crippen LogP contribution in [0.15, 0.2) is 11.6 Å². The first-order valence-electron chi connectivity index (χ1n) is 6.23. The average molecular weight is 285 g/mol. The van der Waals surface area contributed by atoms with Crippen molar-refractivity contribution in [1.82, 2.24) is 0 Å². The summed E-state index contributed by atoms with van der Waals surface area (Å²) in [6.07, 6.45) is 7.13. The summed E-state index contributed by atoms with van der Waals surface area (Å²) in [7, 11) is 0. The molecule has 1 nitrogen and oxygen atoms in total. The fourth-order valence-corrected chi connectivity index (χ4v) is 3.99. The summed E-state index contributed by atoms with van der Waals surface area (Å²) in [6.45, 7) is 6.70. The lowest BCUT2D eigenvalue weighted by Crippen LogP contribution is -2.53. The van der Waals surface area contributed by atoms with Crippen molar-refractivity contribution >= 4 is 21.7 Å². The minimum absolute atomic E-state index is 0.0829. The number of allylic oxidation sites excluding steroid dienone is 2. The molecule has 0 amide bonds. The van der Waals surface area contributed by atoms with Crippen molar-refractivity contribution in [3.63, 3.8) is 0 Å². The topological polar surface area (TPSA) is 17.1 Å². The summed E-state index contributed by atoms with van der Waals surface area (Å²) < 4.78 is 0. The number of carbonyl (C=O) groups is 1. The molecular formula is C14H21BrO. The predicted molar refractivity (Wildman–Crippen MR) is 70.8 cm³/mol. The number of halogens is 1. The van der Waals surface area contributed by atoms with Crippen LogP contribution in [0.1, 0.15) is 52.9 Å². The highest BCUT2D eigenvalue weighted by Crippen LogP contribution is 2.57. The largest absolute Gasteiger partial charge is 0.299 e. The number of carbonyl (C=O) groups excluding carboxylic acids is 1. The molecule has 0 bridgehead atoms. The van der Waals surface area contributed by atoms with Crippen LogP contribution in [0.25, 0.3) is 0 Å². The van der Waals surface area contributed by atoms with Gasteiger partial charge < -0.3 is 0 Å². The van der Waals surface area contributed by atoms with Crippen molar-refractivity contribution in [2.75, 3.05) is 0 Å². The summed E-state index contributed by atoms with van der Waals surface area (Å²) >= 11 is 3.79. The Morgan fingerprint density at radius 3 is 2.62 bits per heavy atom. The zero-order valence-corrected chi connectivity index (χ0v) is 12.1. The molecule has 0 aromatic heterocycles. The third-order valence-corrected chi connectivity index (χ3v) is 6.52. The Labute approximate surface area is 107 Å². The van der Waals surface area contributed by atoms with Gasteiger partial charge in [-0.15, -0.1) is 0 Å². The van der Waals surface area contributed by atoms with E-state index in [9.17, 15) is 4.79 Å². The van der Waals surface area contributed by atoms with E-state index in [1.54, 1.807) is 0 Å². The molecule has 0 unspecified atom stereocenters. The molecule has 0 aromatic rings. The van der Waals surface area contributed by atoms with Gasteiger partial charge in [0, 0.05) is 16.7 Å². The maximum atomic E-state index is 12.4. The Balaban J connectivity index is 2.39. The summed E-state index contributed by atoms with van der Waals surface area (Å²) in [4.78, 5) is 12.9. The molecule has 2 heteroatoms. The van der Waals surface area contributed by atoms with Gasteiger partial charge in [0.2, 0.25) is 0 Å². The first-order chi connectivity index (χ1) is 7.40. The lowest BCUT2D eigenvalue weighted by molar-refractivity contribution is -0.141. The maximum absolute atomic E-state index is 12.4. The smallest absolute Gasteiger partial charge is 0.139 e. The molecule has 2 rings (SSSR count). The van der Waals surface area contributed by atoms with Crippen LogP contribution in [0.4, 0.5) is 0 Å². The van der Waals surface area contributed by atoms with Crippen LogP contribution in [0.2, 0.25) is 0 Å². The molecule has 0 aliphatic heterocycles. The van der Waals surface area contributed by atoms with Gasteiger partial charge in [-0.05, 0) is 38.0 Å². The number of ketones is 1. The lowest BCUT2D eigenvalue weighted by atomic mass is 9.52. The third-order valence-electron chi connectivity index (χ3n) is 4.92. The number of Topliss-reactive ketones (excluding diaryl/α,β-unsaturated/α-hetero) is 1. The van der Waals surface area contributed by atoms with E-state index in [2.05, 4.69) is 42.8 Å². The fraction of sp³-hybridized carbons (Fsp3) is 0.786. The highest BCUT2D eigenvalue weighted by molar-refractivity contribution is 9.09. The third kappa shape index (κ3) is 1.61. The van der Waals surface area contributed by atoms with E-state index in [1.165, 1.54) is 5.57 Å². The second-order valence-electron chi connectivity index (χ2n) is 5.99. The summed E-state index contributed by atoms with van der Waals surface area (Å²) in [5.41, 5.74) is 1.43. The van der Waals surface area contributed by atoms with Gasteiger partial charge in [0.25, 0.3) is 0 Å². The molecule has 0 heterocycles. The van der Waals surface area contributed by atoms with E-state index in [0.29, 0.717) is 10.6 Å². The van der Waals surface area contributed by atoms with E-state index < -0.39 is 0 Å². The molecule has 0 N–H and O–H groups in total. The summed E-state index contributed by atoms with van der Waals surface area (Å²) in [5.74, 6) is 0.497. The van der Waals surface area contributed by atoms with Crippen LogP contribution < -0.4 is 0 Å². The minimum atomic E-state index is -0.0983. The highest BCUT2D eigenvalue weighted by atomic mass is 79.9. The Bertz CT molecular complexity index is 343. The molecule has 1 saturated carbocycles. The van der Waals surface area contributed by atoms with Gasteiger partial charge in [0.1, 0.15) is 5.78 Å². The van der Waals surface area contributed by atoms with Crippen LogP contribution in [-0.2, 0) is 4.79 Å². The molecular weight excluding hydrogens is 264 g/mol. The van der Waals surface area contributed by atoms with Gasteiger partial charge in [-0.25, -0.2) is 0 Å². The monoisotopic (exact) mass is 284 g/mol. The predicted octanol–water partition coefficient (Wildman–Crippen LogP) is 4.26. The fourth-order valence-electron chi connectivity index (χ4n) is 3.32. The Kier molecular flexibility index (Phi) is 3.07. The molecule has 90 valence electrons. The molecule has 16 heavy (non-hydrogen) atoms. The molecule has 0 radical (unpaired) electrons. The molecule has 0 aromatic carbocycles. The molecule has 1 spiro atoms. The van der Waals surface area contributed by atoms with Crippen molar-refractivity contribution in [2.45, 2.75) is 57.7 Å². The number of hydrogen-bond acceptors (Lipinski definition) is 1. The zero-order chi connectivity index (χ0) is 12.0. The summed E-state index contributed by atoms with van der Waals surface area (Å²) in [6, 6.07) is 0. The normalized spacial score (nSPS) is 38.6. The van der Waals surface area contributed by atoms with E-state index in [1.807, 2.05) is 0 Å². The quantitative estimate of drug-likeness (QED) is 0.480. The van der Waals surface area contributed by atoms with Crippen molar-refractivity contribution in [1.29, 1.82) is 0 Å². The molecule has 2 aliphatic carbocycles. The van der Waals surface area contributed by atoms with Crippen molar-refractivity contribution in [3.05, 3.63) is 11.6 Å². The van der Waals surface area contributed by atoms with Gasteiger partial charge >= 0.3 is 0 Å². The standard InChI is InChI=1S/C14H21BrO/c1-10-6-8-14(9-7-10)12(16)5-4-11(15)13(14,2)3/h6,11H,4-5,7-9H2,1-3H3/t11-,14-/m1/s1.